The van der Waals surface area contributed by atoms with Crippen LogP contribution in [0.5, 0.6) is 11.5 Å². The van der Waals surface area contributed by atoms with Crippen LogP contribution in [0.4, 0.5) is 8.78 Å². The van der Waals surface area contributed by atoms with Crippen LogP contribution in [0.1, 0.15) is 24.0 Å². The predicted molar refractivity (Wildman–Crippen MR) is 109 cm³/mol. The second-order valence-corrected chi connectivity index (χ2v) is 7.13. The third-order valence-electron chi connectivity index (χ3n) is 5.07. The number of halogens is 2. The van der Waals surface area contributed by atoms with E-state index in [4.69, 9.17) is 4.74 Å². The Labute approximate surface area is 174 Å². The number of hydrogen-bond acceptors (Lipinski definition) is 4. The van der Waals surface area contributed by atoms with Crippen LogP contribution in [-0.2, 0) is 11.3 Å². The average Bonchev–Trinajstić information content (AvgIpc) is 3.58. The van der Waals surface area contributed by atoms with Crippen molar-refractivity contribution >= 4 is 12.0 Å². The van der Waals surface area contributed by atoms with Crippen molar-refractivity contribution in [2.75, 3.05) is 13.7 Å². The molecule has 0 radical (unpaired) electrons. The molecular weight excluding hydrogens is 392 g/mol. The van der Waals surface area contributed by atoms with Crippen LogP contribution in [0.25, 0.3) is 6.08 Å². The number of aliphatic hydroxyl groups is 1. The van der Waals surface area contributed by atoms with Gasteiger partial charge in [0.25, 0.3) is 0 Å². The normalized spacial score (nSPS) is 14.7. The van der Waals surface area contributed by atoms with Crippen molar-refractivity contribution in [3.63, 3.8) is 0 Å². The van der Waals surface area contributed by atoms with Crippen LogP contribution in [0.15, 0.2) is 54.6 Å². The molecule has 0 aromatic heterocycles. The molecule has 1 atom stereocenters. The number of benzene rings is 2. The van der Waals surface area contributed by atoms with Gasteiger partial charge in [0.1, 0.15) is 0 Å². The van der Waals surface area contributed by atoms with Crippen LogP contribution in [0.3, 0.4) is 0 Å². The first-order chi connectivity index (χ1) is 14.5. The van der Waals surface area contributed by atoms with Crippen molar-refractivity contribution in [3.8, 4) is 11.5 Å². The van der Waals surface area contributed by atoms with Crippen LogP contribution in [0.2, 0.25) is 0 Å². The van der Waals surface area contributed by atoms with Gasteiger partial charge in [-0.1, -0.05) is 42.5 Å². The molecule has 1 amide bonds. The van der Waals surface area contributed by atoms with Crippen LogP contribution in [-0.4, -0.2) is 42.3 Å². The van der Waals surface area contributed by atoms with Gasteiger partial charge in [-0.05, 0) is 36.5 Å². The van der Waals surface area contributed by atoms with Gasteiger partial charge in [0, 0.05) is 18.2 Å². The Morgan fingerprint density at radius 2 is 1.93 bits per heavy atom. The molecule has 0 spiro atoms. The topological polar surface area (TPSA) is 59.0 Å². The summed E-state index contributed by atoms with van der Waals surface area (Å²) in [5.74, 6) is -0.0203. The second kappa shape index (κ2) is 10.2. The van der Waals surface area contributed by atoms with Gasteiger partial charge in [-0.25, -0.2) is 0 Å². The van der Waals surface area contributed by atoms with E-state index in [1.807, 2.05) is 30.3 Å². The zero-order chi connectivity index (χ0) is 21.5. The minimum Gasteiger partial charge on any atom is -0.493 e. The van der Waals surface area contributed by atoms with Crippen molar-refractivity contribution in [2.24, 2.45) is 5.92 Å². The number of carbonyl (C=O) groups excluding carboxylic acids is 1. The number of methoxy groups -OCH3 is 1. The van der Waals surface area contributed by atoms with Crippen molar-refractivity contribution in [1.29, 1.82) is 0 Å². The summed E-state index contributed by atoms with van der Waals surface area (Å²) in [4.78, 5) is 14.7. The maximum absolute atomic E-state index is 13.0. The molecule has 1 aliphatic rings. The lowest BCUT2D eigenvalue weighted by Gasteiger charge is -2.30. The van der Waals surface area contributed by atoms with Gasteiger partial charge in [-0.2, -0.15) is 8.78 Å². The van der Waals surface area contributed by atoms with E-state index in [1.165, 1.54) is 25.3 Å². The fourth-order valence-corrected chi connectivity index (χ4v) is 3.42. The summed E-state index contributed by atoms with van der Waals surface area (Å²) in [6.45, 7) is -2.80. The van der Waals surface area contributed by atoms with Crippen molar-refractivity contribution < 1.29 is 28.2 Å². The quantitative estimate of drug-likeness (QED) is 0.591. The van der Waals surface area contributed by atoms with E-state index in [2.05, 4.69) is 4.74 Å². The fourth-order valence-electron chi connectivity index (χ4n) is 3.42. The van der Waals surface area contributed by atoms with Crippen LogP contribution in [0, 0.1) is 5.92 Å². The van der Waals surface area contributed by atoms with Crippen molar-refractivity contribution in [3.05, 3.63) is 65.7 Å². The average molecular weight is 417 g/mol. The number of ether oxygens (including phenoxy) is 2. The van der Waals surface area contributed by atoms with Gasteiger partial charge in [0.15, 0.2) is 11.5 Å². The maximum atomic E-state index is 13.0. The fraction of sp³-hybridized carbons (Fsp3) is 0.348. The summed E-state index contributed by atoms with van der Waals surface area (Å²) in [6.07, 6.45) is 4.69. The molecule has 0 aliphatic heterocycles. The highest BCUT2D eigenvalue weighted by Crippen LogP contribution is 2.36. The van der Waals surface area contributed by atoms with Crippen LogP contribution >= 0.6 is 0 Å². The lowest BCUT2D eigenvalue weighted by molar-refractivity contribution is -0.130. The van der Waals surface area contributed by atoms with Crippen LogP contribution < -0.4 is 9.47 Å². The van der Waals surface area contributed by atoms with Gasteiger partial charge in [-0.15, -0.1) is 0 Å². The van der Waals surface area contributed by atoms with Gasteiger partial charge in [0.05, 0.1) is 19.8 Å². The number of hydrogen-bond donors (Lipinski definition) is 1. The highest BCUT2D eigenvalue weighted by molar-refractivity contribution is 5.92. The van der Waals surface area contributed by atoms with Gasteiger partial charge < -0.3 is 19.5 Å². The lowest BCUT2D eigenvalue weighted by Crippen LogP contribution is -2.42. The molecule has 1 aliphatic carbocycles. The molecule has 0 heterocycles. The van der Waals surface area contributed by atoms with E-state index in [0.29, 0.717) is 12.1 Å². The lowest BCUT2D eigenvalue weighted by atomic mass is 10.1. The number of amides is 1. The van der Waals surface area contributed by atoms with E-state index >= 15 is 0 Å². The molecule has 1 unspecified atom stereocenters. The summed E-state index contributed by atoms with van der Waals surface area (Å²) in [5, 5.41) is 9.89. The zero-order valence-electron chi connectivity index (χ0n) is 16.7. The molecule has 2 aromatic carbocycles. The molecule has 1 saturated carbocycles. The summed E-state index contributed by atoms with van der Waals surface area (Å²) in [7, 11) is 1.36. The Kier molecular flexibility index (Phi) is 7.41. The second-order valence-electron chi connectivity index (χ2n) is 7.13. The Bertz CT molecular complexity index is 869. The summed E-state index contributed by atoms with van der Waals surface area (Å²) >= 11 is 0. The first-order valence-corrected chi connectivity index (χ1v) is 9.78. The van der Waals surface area contributed by atoms with E-state index in [-0.39, 0.29) is 36.0 Å². The molecule has 0 saturated heterocycles. The Balaban J connectivity index is 1.85. The molecule has 30 heavy (non-hydrogen) atoms. The molecule has 160 valence electrons. The van der Waals surface area contributed by atoms with Gasteiger partial charge >= 0.3 is 6.61 Å². The predicted octanol–water partition coefficient (Wildman–Crippen LogP) is 4.11. The first-order valence-electron chi connectivity index (χ1n) is 9.78. The summed E-state index contributed by atoms with van der Waals surface area (Å²) < 4.78 is 35.4. The SMILES string of the molecule is COc1cccc(C=CC(=O)N(Cc2ccccc2)C(CO)C2CC2)c1OC(F)F. The molecule has 5 nitrogen and oxygen atoms in total. The number of carbonyl (C=O) groups is 1. The van der Waals surface area contributed by atoms with E-state index < -0.39 is 6.61 Å². The maximum Gasteiger partial charge on any atom is 0.387 e. The van der Waals surface area contributed by atoms with Gasteiger partial charge in [0.2, 0.25) is 5.91 Å². The minimum absolute atomic E-state index is 0.129. The largest absolute Gasteiger partial charge is 0.493 e. The Morgan fingerprint density at radius 3 is 2.53 bits per heavy atom. The molecule has 1 N–H and O–H groups in total. The number of para-hydroxylation sites is 1. The van der Waals surface area contributed by atoms with E-state index in [9.17, 15) is 18.7 Å². The molecule has 3 rings (SSSR count). The minimum atomic E-state index is -3.02. The molecular formula is C23H25F2NO4. The Hall–Kier alpha value is -2.93. The Morgan fingerprint density at radius 1 is 1.20 bits per heavy atom. The highest BCUT2D eigenvalue weighted by atomic mass is 19.3. The number of nitrogens with zero attached hydrogens (tertiary/aromatic N) is 1. The molecule has 7 heteroatoms. The number of alkyl halides is 2. The molecule has 0 bridgehead atoms. The summed E-state index contributed by atoms with van der Waals surface area (Å²) in [6, 6.07) is 13.9. The van der Waals surface area contributed by atoms with Crippen molar-refractivity contribution in [2.45, 2.75) is 32.0 Å². The standard InChI is InChI=1S/C23H25F2NO4/c1-29-20-9-5-8-18(22(20)30-23(24)25)12-13-21(28)26(19(15-27)17-10-11-17)14-16-6-3-2-4-7-16/h2-9,12-13,17,19,23,27H,10-11,14-15H2,1H3. The molecule has 1 fully saturated rings. The zero-order valence-corrected chi connectivity index (χ0v) is 16.7. The monoisotopic (exact) mass is 417 g/mol. The third kappa shape index (κ3) is 5.57. The number of aliphatic hydroxyl groups excluding tert-OH is 1. The summed E-state index contributed by atoms with van der Waals surface area (Å²) in [5.41, 5.74) is 1.25. The first kappa shape index (κ1) is 21.8. The smallest absolute Gasteiger partial charge is 0.387 e. The van der Waals surface area contributed by atoms with E-state index in [1.54, 1.807) is 17.0 Å². The van der Waals surface area contributed by atoms with Crippen molar-refractivity contribution in [1.82, 2.24) is 4.90 Å². The van der Waals surface area contributed by atoms with E-state index in [0.717, 1.165) is 18.4 Å². The third-order valence-corrected chi connectivity index (χ3v) is 5.07. The molecule has 2 aromatic rings. The van der Waals surface area contributed by atoms with Gasteiger partial charge in [-0.3, -0.25) is 4.79 Å². The highest BCUT2D eigenvalue weighted by Gasteiger charge is 2.36. The number of rotatable bonds is 10.